The number of quaternary nitrogens is 1. The molecule has 1 aromatic heterocycles. The molecule has 2 aliphatic rings. The molecule has 0 radical (unpaired) electrons. The van der Waals surface area contributed by atoms with Gasteiger partial charge in [0.1, 0.15) is 44.0 Å². The third kappa shape index (κ3) is 7.30. The van der Waals surface area contributed by atoms with Gasteiger partial charge in [0.2, 0.25) is 5.91 Å². The second kappa shape index (κ2) is 13.3. The summed E-state index contributed by atoms with van der Waals surface area (Å²) in [5.74, 6) is -1.44. The average Bonchev–Trinajstić information content (AvgIpc) is 3.31. The highest BCUT2D eigenvalue weighted by Crippen LogP contribution is 2.51. The lowest BCUT2D eigenvalue weighted by molar-refractivity contribution is -0.965. The molecule has 2 aromatic carbocycles. The Morgan fingerprint density at radius 2 is 1.39 bits per heavy atom. The quantitative estimate of drug-likeness (QED) is 0.126. The fraction of sp³-hybridized carbons (Fsp3) is 0.424. The van der Waals surface area contributed by atoms with Crippen LogP contribution in [0.4, 0.5) is 32.2 Å². The number of aromatic nitrogens is 1. The van der Waals surface area contributed by atoms with Crippen LogP contribution in [0.5, 0.6) is 0 Å². The zero-order valence-corrected chi connectivity index (χ0v) is 25.1. The molecule has 2 amide bonds. The molecule has 1 aliphatic heterocycles. The van der Waals surface area contributed by atoms with Gasteiger partial charge in [0.25, 0.3) is 5.91 Å². The van der Waals surface area contributed by atoms with Crippen molar-refractivity contribution in [3.05, 3.63) is 83.6 Å². The number of amides is 2. The van der Waals surface area contributed by atoms with Gasteiger partial charge in [-0.3, -0.25) is 9.59 Å². The van der Waals surface area contributed by atoms with Gasteiger partial charge >= 0.3 is 12.4 Å². The maximum Gasteiger partial charge on any atom is 0.405 e. The summed E-state index contributed by atoms with van der Waals surface area (Å²) in [6.07, 6.45) is -3.89. The summed E-state index contributed by atoms with van der Waals surface area (Å²) in [5, 5.41) is 4.35. The van der Waals surface area contributed by atoms with Crippen molar-refractivity contribution in [3.8, 4) is 11.1 Å². The molecule has 3 N–H and O–H groups in total. The number of hydrogen-bond donors (Lipinski definition) is 3. The van der Waals surface area contributed by atoms with E-state index in [0.29, 0.717) is 43.6 Å². The van der Waals surface area contributed by atoms with E-state index < -0.39 is 42.7 Å². The first-order chi connectivity index (χ1) is 21.8. The number of halogens is 6. The number of pyridine rings is 1. The molecule has 1 saturated heterocycles. The molecule has 0 saturated carbocycles. The Hall–Kier alpha value is -4.13. The molecule has 1 aliphatic carbocycles. The van der Waals surface area contributed by atoms with Crippen LogP contribution < -0.4 is 16.1 Å². The predicted octanol–water partition coefficient (Wildman–Crippen LogP) is 6.52. The molecular weight excluding hydrogens is 612 g/mol. The van der Waals surface area contributed by atoms with E-state index in [-0.39, 0.29) is 22.4 Å². The smallest absolute Gasteiger partial charge is 0.361 e. The molecular formula is C33H36F6N5O2+. The largest absolute Gasteiger partial charge is 0.405 e. The number of alkyl halides is 6. The number of unbranched alkanes of at least 4 members (excludes halogenated alkanes) is 1. The van der Waals surface area contributed by atoms with Crippen LogP contribution in [0.15, 0.2) is 66.9 Å². The zero-order chi connectivity index (χ0) is 33.0. The molecule has 0 unspecified atom stereocenters. The van der Waals surface area contributed by atoms with Gasteiger partial charge in [-0.15, -0.1) is 0 Å². The molecule has 46 heavy (non-hydrogen) atoms. The number of anilines is 1. The fourth-order valence-electron chi connectivity index (χ4n) is 6.79. The Bertz CT molecular complexity index is 1510. The molecule has 1 fully saturated rings. The Balaban J connectivity index is 1.35. The van der Waals surface area contributed by atoms with Crippen molar-refractivity contribution in [2.24, 2.45) is 0 Å². The van der Waals surface area contributed by atoms with Crippen molar-refractivity contribution in [1.29, 1.82) is 0 Å². The number of hydrogen-bond acceptors (Lipinski definition) is 4. The number of fused-ring (bicyclic) bond motifs is 3. The van der Waals surface area contributed by atoms with E-state index in [0.717, 1.165) is 30.4 Å². The van der Waals surface area contributed by atoms with E-state index in [1.807, 2.05) is 24.3 Å². The highest BCUT2D eigenvalue weighted by atomic mass is 19.4. The first kappa shape index (κ1) is 33.2. The number of benzene rings is 2. The molecule has 0 atom stereocenters. The zero-order valence-electron chi connectivity index (χ0n) is 25.1. The minimum absolute atomic E-state index is 0.00529. The monoisotopic (exact) mass is 648 g/mol. The topological polar surface area (TPSA) is 83.1 Å². The van der Waals surface area contributed by atoms with Crippen molar-refractivity contribution in [2.75, 3.05) is 38.0 Å². The van der Waals surface area contributed by atoms with E-state index in [2.05, 4.69) is 21.0 Å². The van der Waals surface area contributed by atoms with E-state index in [9.17, 15) is 35.9 Å². The van der Waals surface area contributed by atoms with Crippen LogP contribution in [0.3, 0.4) is 0 Å². The number of likely N-dealkylation sites (tertiary alicyclic amines) is 1. The summed E-state index contributed by atoms with van der Waals surface area (Å²) in [6, 6.07) is 17.4. The maximum absolute atomic E-state index is 13.8. The van der Waals surface area contributed by atoms with Crippen molar-refractivity contribution in [2.45, 2.75) is 56.3 Å². The molecule has 7 nitrogen and oxygen atoms in total. The van der Waals surface area contributed by atoms with Gasteiger partial charge in [0, 0.05) is 6.20 Å². The minimum Gasteiger partial charge on any atom is -0.361 e. The molecule has 3 aromatic rings. The molecule has 246 valence electrons. The summed E-state index contributed by atoms with van der Waals surface area (Å²) in [6.45, 7) is -1.09. The van der Waals surface area contributed by atoms with Crippen molar-refractivity contribution in [3.63, 3.8) is 0 Å². The molecule has 5 rings (SSSR count). The van der Waals surface area contributed by atoms with E-state index in [1.165, 1.54) is 18.3 Å². The third-order valence-corrected chi connectivity index (χ3v) is 8.81. The number of carbonyl (C=O) groups is 2. The van der Waals surface area contributed by atoms with Gasteiger partial charge in [0.15, 0.2) is 0 Å². The van der Waals surface area contributed by atoms with Gasteiger partial charge in [-0.25, -0.2) is 9.58 Å². The number of nitrogens with zero attached hydrogens (tertiary/aromatic N) is 2. The second-order valence-corrected chi connectivity index (χ2v) is 11.9. The average molecular weight is 649 g/mol. The van der Waals surface area contributed by atoms with Gasteiger partial charge in [-0.2, -0.15) is 31.8 Å². The second-order valence-electron chi connectivity index (χ2n) is 11.9. The standard InChI is InChI=1S/C33H35F6N5O2/c34-32(35,36)21-41-28-25(13-10-17-40-28)29(45)43-44(18-7-1-8-19-44)20-9-6-16-31(30(46)42-22-33(37,38)39)26-14-4-2-11-23(26)24-12-3-5-15-27(24)31/h2-5,10-15,17H,1,6-9,16,18-22H2,(H2-,40,41,42,43,45,46)/p+1. The molecule has 2 heterocycles. The highest BCUT2D eigenvalue weighted by Gasteiger charge is 2.49. The minimum atomic E-state index is -4.58. The Morgan fingerprint density at radius 3 is 2.00 bits per heavy atom. The van der Waals surface area contributed by atoms with Gasteiger partial charge in [0.05, 0.1) is 5.56 Å². The molecule has 13 heteroatoms. The van der Waals surface area contributed by atoms with Crippen molar-refractivity contribution in [1.82, 2.24) is 15.7 Å². The fourth-order valence-corrected chi connectivity index (χ4v) is 6.79. The Labute approximate surface area is 262 Å². The molecule has 0 spiro atoms. The van der Waals surface area contributed by atoms with Crippen LogP contribution in [-0.2, 0) is 10.2 Å². The normalized spacial score (nSPS) is 16.7. The van der Waals surface area contributed by atoms with Crippen LogP contribution in [0.25, 0.3) is 11.1 Å². The Kier molecular flexibility index (Phi) is 9.62. The maximum atomic E-state index is 13.8. The van der Waals surface area contributed by atoms with Crippen LogP contribution >= 0.6 is 0 Å². The summed E-state index contributed by atoms with van der Waals surface area (Å²) < 4.78 is 78.4. The van der Waals surface area contributed by atoms with Gasteiger partial charge in [-0.1, -0.05) is 48.5 Å². The number of piperidine rings is 1. The summed E-state index contributed by atoms with van der Waals surface area (Å²) in [7, 11) is 0. The van der Waals surface area contributed by atoms with Crippen molar-refractivity contribution < 1.29 is 40.5 Å². The summed E-state index contributed by atoms with van der Waals surface area (Å²) >= 11 is 0. The van der Waals surface area contributed by atoms with E-state index in [4.69, 9.17) is 0 Å². The lowest BCUT2D eigenvalue weighted by Gasteiger charge is -2.40. The van der Waals surface area contributed by atoms with Crippen LogP contribution in [0.2, 0.25) is 0 Å². The highest BCUT2D eigenvalue weighted by molar-refractivity contribution is 6.00. The van der Waals surface area contributed by atoms with Crippen LogP contribution in [-0.4, -0.2) is 66.5 Å². The third-order valence-electron chi connectivity index (χ3n) is 8.81. The van der Waals surface area contributed by atoms with E-state index >= 15 is 0 Å². The van der Waals surface area contributed by atoms with Gasteiger partial charge in [-0.05, 0) is 72.9 Å². The first-order valence-corrected chi connectivity index (χ1v) is 15.3. The lowest BCUT2D eigenvalue weighted by Crippen LogP contribution is -2.63. The van der Waals surface area contributed by atoms with Crippen LogP contribution in [0.1, 0.15) is 60.0 Å². The lowest BCUT2D eigenvalue weighted by atomic mass is 9.73. The summed E-state index contributed by atoms with van der Waals surface area (Å²) in [4.78, 5) is 31.2. The van der Waals surface area contributed by atoms with Gasteiger partial charge < -0.3 is 10.6 Å². The van der Waals surface area contributed by atoms with Crippen molar-refractivity contribution >= 4 is 17.6 Å². The summed E-state index contributed by atoms with van der Waals surface area (Å²) in [5.41, 5.74) is 4.63. The van der Waals surface area contributed by atoms with Crippen LogP contribution in [0, 0.1) is 0 Å². The number of carbonyl (C=O) groups excluding carboxylic acids is 2. The molecule has 0 bridgehead atoms. The SMILES string of the molecule is O=C(N[N+]1(CCCCC2(C(=O)NCC(F)(F)F)c3ccccc3-c3ccccc32)CCCCC1)c1cccnc1NCC(F)(F)F. The Morgan fingerprint density at radius 1 is 0.783 bits per heavy atom. The first-order valence-electron chi connectivity index (χ1n) is 15.3. The number of nitrogens with one attached hydrogen (secondary N) is 3. The predicted molar refractivity (Wildman–Crippen MR) is 161 cm³/mol. The number of rotatable bonds is 11. The van der Waals surface area contributed by atoms with E-state index in [1.54, 1.807) is 24.3 Å².